The van der Waals surface area contributed by atoms with E-state index in [1.54, 1.807) is 0 Å². The topological polar surface area (TPSA) is 38.3 Å². The molecule has 0 saturated carbocycles. The molecule has 2 aliphatic rings. The van der Waals surface area contributed by atoms with Crippen LogP contribution >= 0.6 is 0 Å². The first-order valence-electron chi connectivity index (χ1n) is 7.33. The van der Waals surface area contributed by atoms with Crippen LogP contribution in [0.5, 0.6) is 5.75 Å². The number of aryl methyl sites for hydroxylation is 1. The molecule has 20 heavy (non-hydrogen) atoms. The summed E-state index contributed by atoms with van der Waals surface area (Å²) in [5, 5.41) is 2.99. The van der Waals surface area contributed by atoms with Crippen LogP contribution in [-0.4, -0.2) is 48.6 Å². The minimum absolute atomic E-state index is 0. The van der Waals surface area contributed by atoms with Gasteiger partial charge in [-0.25, -0.2) is 0 Å². The van der Waals surface area contributed by atoms with Gasteiger partial charge in [0.25, 0.3) is 0 Å². The summed E-state index contributed by atoms with van der Waals surface area (Å²) in [6.07, 6.45) is 5.07. The van der Waals surface area contributed by atoms with Crippen molar-refractivity contribution in [3.63, 3.8) is 0 Å². The van der Waals surface area contributed by atoms with Gasteiger partial charge >= 0.3 is 0 Å². The molecule has 4 heteroatoms. The summed E-state index contributed by atoms with van der Waals surface area (Å²) in [6, 6.07) is 4.35. The first kappa shape index (κ1) is 15.9. The van der Waals surface area contributed by atoms with Crippen molar-refractivity contribution in [3.05, 3.63) is 28.8 Å². The molecule has 0 spiro atoms. The smallest absolute Gasteiger partial charge is 0.219 e. The average molecular weight is 282 g/mol. The molecule has 1 N–H and O–H groups in total. The minimum Gasteiger partial charge on any atom is -0.493 e. The third-order valence-electron chi connectivity index (χ3n) is 4.32. The van der Waals surface area contributed by atoms with Crippen molar-refractivity contribution in [3.8, 4) is 5.75 Å². The van der Waals surface area contributed by atoms with Gasteiger partial charge in [0.15, 0.2) is 0 Å². The quantitative estimate of drug-likeness (QED) is 0.860. The second kappa shape index (κ2) is 6.97. The van der Waals surface area contributed by atoms with Gasteiger partial charge in [-0.2, -0.15) is 0 Å². The molecule has 0 unspecified atom stereocenters. The number of amides is 1. The predicted octanol–water partition coefficient (Wildman–Crippen LogP) is 2.19. The van der Waals surface area contributed by atoms with Crippen molar-refractivity contribution in [2.24, 2.45) is 0 Å². The third-order valence-corrected chi connectivity index (χ3v) is 4.32. The molecule has 1 aromatic rings. The second-order valence-electron chi connectivity index (χ2n) is 5.44. The molecule has 1 aliphatic heterocycles. The Morgan fingerprint density at radius 1 is 1.40 bits per heavy atom. The number of hydrogen-bond acceptors (Lipinski definition) is 2. The fourth-order valence-electron chi connectivity index (χ4n) is 3.35. The van der Waals surface area contributed by atoms with Crippen LogP contribution in [0.1, 0.15) is 48.8 Å². The maximum atomic E-state index is 11.3. The number of fused-ring (bicyclic) bond motifs is 3. The minimum atomic E-state index is 0. The number of nitrogens with one attached hydrogen (secondary N) is 1. The normalized spacial score (nSPS) is 18.8. The van der Waals surface area contributed by atoms with Crippen LogP contribution in [0.4, 0.5) is 0 Å². The van der Waals surface area contributed by atoms with Gasteiger partial charge in [0, 0.05) is 54.5 Å². The third kappa shape index (κ3) is 3.05. The number of carbonyl (C=O) groups excluding carboxylic acids is 1. The fourth-order valence-corrected chi connectivity index (χ4v) is 3.35. The molecule has 1 heterocycles. The monoisotopic (exact) mass is 282 g/mol. The van der Waals surface area contributed by atoms with Crippen LogP contribution in [0, 0.1) is 0 Å². The predicted molar refractivity (Wildman–Crippen MR) is 80.4 cm³/mol. The van der Waals surface area contributed by atoms with E-state index in [0.717, 1.165) is 31.7 Å². The van der Waals surface area contributed by atoms with E-state index in [1.807, 2.05) is 6.92 Å². The van der Waals surface area contributed by atoms with Gasteiger partial charge in [-0.15, -0.1) is 0 Å². The van der Waals surface area contributed by atoms with Gasteiger partial charge < -0.3 is 10.1 Å². The maximum Gasteiger partial charge on any atom is 0.219 e. The van der Waals surface area contributed by atoms with Crippen LogP contribution in [0.15, 0.2) is 12.1 Å². The molecular formula is C16H21NNaO2. The van der Waals surface area contributed by atoms with Gasteiger partial charge in [0.05, 0.1) is 6.61 Å². The van der Waals surface area contributed by atoms with Gasteiger partial charge in [-0.3, -0.25) is 4.79 Å². The molecule has 1 aromatic carbocycles. The van der Waals surface area contributed by atoms with E-state index in [9.17, 15) is 4.79 Å². The van der Waals surface area contributed by atoms with Gasteiger partial charge in [-0.1, -0.05) is 13.0 Å². The van der Waals surface area contributed by atoms with Crippen LogP contribution < -0.4 is 10.1 Å². The number of rotatable bonds is 4. The molecule has 0 aromatic heterocycles. The largest absolute Gasteiger partial charge is 0.493 e. The van der Waals surface area contributed by atoms with E-state index < -0.39 is 0 Å². The van der Waals surface area contributed by atoms with E-state index in [1.165, 1.54) is 29.5 Å². The number of ether oxygens (including phenoxy) is 1. The number of hydrogen-bond donors (Lipinski definition) is 1. The van der Waals surface area contributed by atoms with E-state index in [4.69, 9.17) is 4.74 Å². The summed E-state index contributed by atoms with van der Waals surface area (Å²) in [5.41, 5.74) is 4.46. The zero-order chi connectivity index (χ0) is 13.2. The Morgan fingerprint density at radius 2 is 2.25 bits per heavy atom. The zero-order valence-electron chi connectivity index (χ0n) is 12.5. The van der Waals surface area contributed by atoms with Gasteiger partial charge in [0.1, 0.15) is 5.75 Å². The summed E-state index contributed by atoms with van der Waals surface area (Å²) in [6.45, 7) is 3.51. The number of carbonyl (C=O) groups is 1. The molecule has 1 amide bonds. The Bertz CT molecular complexity index is 501. The van der Waals surface area contributed by atoms with Crippen LogP contribution in [0.25, 0.3) is 0 Å². The van der Waals surface area contributed by atoms with E-state index in [0.29, 0.717) is 12.3 Å². The Morgan fingerprint density at radius 3 is 3.05 bits per heavy atom. The summed E-state index contributed by atoms with van der Waals surface area (Å²) in [7, 11) is 0. The molecule has 0 saturated heterocycles. The van der Waals surface area contributed by atoms with E-state index >= 15 is 0 Å². The molecule has 0 bridgehead atoms. The maximum absolute atomic E-state index is 11.3. The molecular weight excluding hydrogens is 261 g/mol. The summed E-state index contributed by atoms with van der Waals surface area (Å²) >= 11 is 0. The number of benzene rings is 1. The summed E-state index contributed by atoms with van der Waals surface area (Å²) in [4.78, 5) is 11.3. The van der Waals surface area contributed by atoms with Crippen LogP contribution in [0.3, 0.4) is 0 Å². The summed E-state index contributed by atoms with van der Waals surface area (Å²) < 4.78 is 5.66. The van der Waals surface area contributed by atoms with Crippen molar-refractivity contribution >= 4 is 35.5 Å². The van der Waals surface area contributed by atoms with Crippen LogP contribution in [-0.2, 0) is 17.6 Å². The second-order valence-corrected chi connectivity index (χ2v) is 5.44. The van der Waals surface area contributed by atoms with Gasteiger partial charge in [0.2, 0.25) is 5.91 Å². The van der Waals surface area contributed by atoms with Crippen LogP contribution in [0.2, 0.25) is 0 Å². The van der Waals surface area contributed by atoms with Crippen molar-refractivity contribution in [2.75, 3.05) is 13.2 Å². The van der Waals surface area contributed by atoms with E-state index in [-0.39, 0.29) is 35.5 Å². The molecule has 1 aliphatic carbocycles. The Balaban J connectivity index is 0.00000147. The Hall–Kier alpha value is -0.510. The van der Waals surface area contributed by atoms with Crippen molar-refractivity contribution < 1.29 is 9.53 Å². The Labute approximate surface area is 142 Å². The first-order chi connectivity index (χ1) is 9.29. The van der Waals surface area contributed by atoms with E-state index in [2.05, 4.69) is 17.4 Å². The molecule has 1 atom stereocenters. The molecule has 0 fully saturated rings. The molecule has 103 valence electrons. The van der Waals surface area contributed by atoms with Crippen molar-refractivity contribution in [2.45, 2.75) is 44.9 Å². The fraction of sp³-hybridized carbons (Fsp3) is 0.562. The summed E-state index contributed by atoms with van der Waals surface area (Å²) in [5.74, 6) is 1.84. The van der Waals surface area contributed by atoms with Crippen molar-refractivity contribution in [1.82, 2.24) is 5.32 Å². The Kier molecular flexibility index (Phi) is 5.53. The van der Waals surface area contributed by atoms with Gasteiger partial charge in [-0.05, 0) is 42.4 Å². The standard InChI is InChI=1S/C16H21NO2.Na/c1-2-15(18)17-9-7-12-4-3-11-5-6-14-13(16(11)12)8-10-19-14;/h5-6,12H,2-4,7-10H2,1H3,(H,17,18);/t12-;/m0./s1. The first-order valence-corrected chi connectivity index (χ1v) is 7.33. The molecule has 3 rings (SSSR count). The zero-order valence-corrected chi connectivity index (χ0v) is 14.5. The van der Waals surface area contributed by atoms with Crippen molar-refractivity contribution in [1.29, 1.82) is 0 Å². The molecule has 1 radical (unpaired) electrons. The average Bonchev–Trinajstić information content (AvgIpc) is 3.03. The SMILES string of the molecule is CCC(=O)NCC[C@@H]1CCc2ccc3c(c21)CCO3.[Na]. The molecule has 3 nitrogen and oxygen atoms in total.